The number of carbonyl (C=O) groups is 1. The number of amides is 1. The van der Waals surface area contributed by atoms with Crippen molar-refractivity contribution in [2.24, 2.45) is 0 Å². The molecule has 0 aliphatic carbocycles. The highest BCUT2D eigenvalue weighted by molar-refractivity contribution is 6.06. The van der Waals surface area contributed by atoms with Crippen LogP contribution in [0.4, 0.5) is 0 Å². The van der Waals surface area contributed by atoms with Crippen molar-refractivity contribution < 1.29 is 9.32 Å². The topological polar surface area (TPSA) is 68.0 Å². The Kier molecular flexibility index (Phi) is 3.64. The molecule has 0 aromatic carbocycles. The Balaban J connectivity index is 2.58. The zero-order chi connectivity index (χ0) is 14.0. The first kappa shape index (κ1) is 13.3. The molecule has 0 saturated carbocycles. The molecule has 0 spiro atoms. The van der Waals surface area contributed by atoms with Crippen molar-refractivity contribution >= 4 is 17.0 Å². The second-order valence-corrected chi connectivity index (χ2v) is 4.70. The fourth-order valence-electron chi connectivity index (χ4n) is 1.85. The molecule has 5 nitrogen and oxygen atoms in total. The Bertz CT molecular complexity index is 629. The van der Waals surface area contributed by atoms with Crippen molar-refractivity contribution in [1.82, 2.24) is 15.5 Å². The quantitative estimate of drug-likeness (QED) is 0.857. The van der Waals surface area contributed by atoms with Gasteiger partial charge in [-0.3, -0.25) is 4.79 Å². The van der Waals surface area contributed by atoms with E-state index >= 15 is 0 Å². The van der Waals surface area contributed by atoms with E-state index in [-0.39, 0.29) is 11.8 Å². The highest BCUT2D eigenvalue weighted by atomic mass is 16.5. The van der Waals surface area contributed by atoms with Crippen LogP contribution in [0.25, 0.3) is 11.1 Å². The summed E-state index contributed by atoms with van der Waals surface area (Å²) in [7, 11) is 0. The molecule has 0 aliphatic heterocycles. The van der Waals surface area contributed by atoms with Gasteiger partial charge >= 0.3 is 0 Å². The molecular formula is C14H17N3O2. The molecule has 2 heterocycles. The molecule has 0 fully saturated rings. The molecule has 19 heavy (non-hydrogen) atoms. The minimum absolute atomic E-state index is 0.166. The summed E-state index contributed by atoms with van der Waals surface area (Å²) in [5.74, 6) is 0.0428. The van der Waals surface area contributed by atoms with Crippen molar-refractivity contribution in [3.63, 3.8) is 0 Å². The molecule has 1 N–H and O–H groups in total. The number of fused-ring (bicyclic) bond motifs is 1. The van der Waals surface area contributed by atoms with E-state index in [2.05, 4.69) is 22.0 Å². The van der Waals surface area contributed by atoms with Gasteiger partial charge in [-0.15, -0.1) is 6.58 Å². The summed E-state index contributed by atoms with van der Waals surface area (Å²) in [6.45, 7) is 9.84. The molecular weight excluding hydrogens is 242 g/mol. The predicted molar refractivity (Wildman–Crippen MR) is 73.2 cm³/mol. The molecule has 2 aromatic rings. The number of carbonyl (C=O) groups excluding carboxylic acids is 1. The summed E-state index contributed by atoms with van der Waals surface area (Å²) in [4.78, 5) is 16.6. The summed E-state index contributed by atoms with van der Waals surface area (Å²) in [5.41, 5.74) is 2.44. The van der Waals surface area contributed by atoms with Crippen LogP contribution in [-0.2, 0) is 0 Å². The first-order valence-electron chi connectivity index (χ1n) is 6.20. The summed E-state index contributed by atoms with van der Waals surface area (Å²) in [6, 6.07) is 1.80. The molecule has 0 aliphatic rings. The SMILES string of the molecule is C=CCNC(=O)c1cc(C(C)C)nc2onc(C)c12. The lowest BCUT2D eigenvalue weighted by molar-refractivity contribution is 0.0959. The highest BCUT2D eigenvalue weighted by Gasteiger charge is 2.19. The van der Waals surface area contributed by atoms with Crippen molar-refractivity contribution in [2.75, 3.05) is 6.54 Å². The second-order valence-electron chi connectivity index (χ2n) is 4.70. The third-order valence-electron chi connectivity index (χ3n) is 2.88. The summed E-state index contributed by atoms with van der Waals surface area (Å²) in [5, 5.41) is 7.32. The van der Waals surface area contributed by atoms with Gasteiger partial charge < -0.3 is 9.84 Å². The monoisotopic (exact) mass is 259 g/mol. The van der Waals surface area contributed by atoms with Crippen molar-refractivity contribution in [3.05, 3.63) is 35.7 Å². The van der Waals surface area contributed by atoms with Crippen molar-refractivity contribution in [1.29, 1.82) is 0 Å². The fraction of sp³-hybridized carbons (Fsp3) is 0.357. The molecule has 0 unspecified atom stereocenters. The Morgan fingerprint density at radius 2 is 2.32 bits per heavy atom. The Morgan fingerprint density at radius 1 is 1.58 bits per heavy atom. The first-order chi connectivity index (χ1) is 9.04. The molecule has 5 heteroatoms. The van der Waals surface area contributed by atoms with Gasteiger partial charge in [-0.05, 0) is 18.9 Å². The molecule has 0 atom stereocenters. The maximum atomic E-state index is 12.2. The van der Waals surface area contributed by atoms with Gasteiger partial charge in [0.05, 0.1) is 16.6 Å². The number of aromatic nitrogens is 2. The molecule has 0 radical (unpaired) electrons. The average molecular weight is 259 g/mol. The third kappa shape index (κ3) is 2.50. The first-order valence-corrected chi connectivity index (χ1v) is 6.20. The van der Waals surface area contributed by atoms with Gasteiger partial charge in [0.1, 0.15) is 0 Å². The largest absolute Gasteiger partial charge is 0.349 e. The molecule has 100 valence electrons. The van der Waals surface area contributed by atoms with E-state index in [4.69, 9.17) is 4.52 Å². The molecule has 2 rings (SSSR count). The molecule has 2 aromatic heterocycles. The van der Waals surface area contributed by atoms with Gasteiger partial charge in [0.25, 0.3) is 11.6 Å². The van der Waals surface area contributed by atoms with Crippen LogP contribution in [0.5, 0.6) is 0 Å². The second kappa shape index (κ2) is 5.22. The third-order valence-corrected chi connectivity index (χ3v) is 2.88. The van der Waals surface area contributed by atoms with Crippen LogP contribution in [-0.4, -0.2) is 22.6 Å². The van der Waals surface area contributed by atoms with Gasteiger partial charge in [0, 0.05) is 12.2 Å². The van der Waals surface area contributed by atoms with Gasteiger partial charge in [0.15, 0.2) is 0 Å². The zero-order valence-electron chi connectivity index (χ0n) is 11.4. The fourth-order valence-corrected chi connectivity index (χ4v) is 1.85. The van der Waals surface area contributed by atoms with Crippen molar-refractivity contribution in [3.8, 4) is 0 Å². The smallest absolute Gasteiger partial charge is 0.259 e. The van der Waals surface area contributed by atoms with Crippen LogP contribution in [0.1, 0.15) is 41.5 Å². The van der Waals surface area contributed by atoms with E-state index in [0.717, 1.165) is 5.69 Å². The number of hydrogen-bond donors (Lipinski definition) is 1. The summed E-state index contributed by atoms with van der Waals surface area (Å²) >= 11 is 0. The van der Waals surface area contributed by atoms with E-state index in [1.54, 1.807) is 19.1 Å². The average Bonchev–Trinajstić information content (AvgIpc) is 2.76. The van der Waals surface area contributed by atoms with Crippen LogP contribution in [0.15, 0.2) is 23.2 Å². The lowest BCUT2D eigenvalue weighted by Crippen LogP contribution is -2.23. The van der Waals surface area contributed by atoms with Crippen LogP contribution in [0.2, 0.25) is 0 Å². The van der Waals surface area contributed by atoms with E-state index in [0.29, 0.717) is 28.9 Å². The summed E-state index contributed by atoms with van der Waals surface area (Å²) < 4.78 is 5.17. The lowest BCUT2D eigenvalue weighted by atomic mass is 10.0. The number of pyridine rings is 1. The predicted octanol–water partition coefficient (Wildman–Crippen LogP) is 2.57. The minimum atomic E-state index is -0.166. The normalized spacial score (nSPS) is 10.9. The minimum Gasteiger partial charge on any atom is -0.349 e. The maximum absolute atomic E-state index is 12.2. The number of nitrogens with one attached hydrogen (secondary N) is 1. The number of hydrogen-bond acceptors (Lipinski definition) is 4. The Hall–Kier alpha value is -2.17. The lowest BCUT2D eigenvalue weighted by Gasteiger charge is -2.08. The van der Waals surface area contributed by atoms with Gasteiger partial charge in [0.2, 0.25) is 0 Å². The molecule has 0 saturated heterocycles. The number of nitrogens with zero attached hydrogens (tertiary/aromatic N) is 2. The van der Waals surface area contributed by atoms with Crippen LogP contribution in [0.3, 0.4) is 0 Å². The van der Waals surface area contributed by atoms with Gasteiger partial charge in [-0.1, -0.05) is 25.1 Å². The van der Waals surface area contributed by atoms with E-state index in [1.807, 2.05) is 13.8 Å². The zero-order valence-corrected chi connectivity index (χ0v) is 11.4. The molecule has 1 amide bonds. The Labute approximate surface area is 111 Å². The highest BCUT2D eigenvalue weighted by Crippen LogP contribution is 2.24. The Morgan fingerprint density at radius 3 is 2.95 bits per heavy atom. The van der Waals surface area contributed by atoms with Crippen LogP contribution < -0.4 is 5.32 Å². The van der Waals surface area contributed by atoms with Gasteiger partial charge in [-0.2, -0.15) is 0 Å². The van der Waals surface area contributed by atoms with Crippen LogP contribution in [0, 0.1) is 6.92 Å². The van der Waals surface area contributed by atoms with Gasteiger partial charge in [-0.25, -0.2) is 4.98 Å². The van der Waals surface area contributed by atoms with E-state index in [9.17, 15) is 4.79 Å². The standard InChI is InChI=1S/C14H17N3O2/c1-5-6-15-13(18)10-7-11(8(2)3)16-14-12(10)9(4)17-19-14/h5,7-8H,1,6H2,2-4H3,(H,15,18). The van der Waals surface area contributed by atoms with E-state index < -0.39 is 0 Å². The number of rotatable bonds is 4. The van der Waals surface area contributed by atoms with Crippen LogP contribution >= 0.6 is 0 Å². The van der Waals surface area contributed by atoms with E-state index in [1.165, 1.54) is 0 Å². The number of aryl methyl sites for hydroxylation is 1. The van der Waals surface area contributed by atoms with Crippen molar-refractivity contribution in [2.45, 2.75) is 26.7 Å². The summed E-state index contributed by atoms with van der Waals surface area (Å²) in [6.07, 6.45) is 1.64. The maximum Gasteiger partial charge on any atom is 0.259 e. The molecule has 0 bridgehead atoms.